The van der Waals surface area contributed by atoms with Crippen LogP contribution < -0.4 is 9.47 Å². The molecule has 0 aromatic heterocycles. The van der Waals surface area contributed by atoms with Gasteiger partial charge in [-0.2, -0.15) is 0 Å². The number of likely N-dealkylation sites (tertiary alicyclic amines) is 1. The van der Waals surface area contributed by atoms with Crippen LogP contribution in [0.4, 0.5) is 0 Å². The van der Waals surface area contributed by atoms with E-state index >= 15 is 0 Å². The summed E-state index contributed by atoms with van der Waals surface area (Å²) in [6, 6.07) is 26.7. The average molecular weight is 418 g/mol. The highest BCUT2D eigenvalue weighted by molar-refractivity contribution is 5.47. The zero-order valence-electron chi connectivity index (χ0n) is 18.1. The third-order valence-corrected chi connectivity index (χ3v) is 6.02. The van der Waals surface area contributed by atoms with Gasteiger partial charge in [0.25, 0.3) is 0 Å². The van der Waals surface area contributed by atoms with Gasteiger partial charge in [0.05, 0.1) is 13.2 Å². The van der Waals surface area contributed by atoms with Crippen molar-refractivity contribution in [1.82, 2.24) is 4.90 Å². The third-order valence-electron chi connectivity index (χ3n) is 6.02. The van der Waals surface area contributed by atoms with Crippen molar-refractivity contribution >= 4 is 0 Å². The molecule has 1 N–H and O–H groups in total. The third kappa shape index (κ3) is 5.66. The Balaban J connectivity index is 1.47. The molecule has 0 bridgehead atoms. The molecule has 0 spiro atoms. The molecule has 0 amide bonds. The fraction of sp³-hybridized carbons (Fsp3) is 0.333. The van der Waals surface area contributed by atoms with Crippen LogP contribution >= 0.6 is 0 Å². The topological polar surface area (TPSA) is 41.9 Å². The van der Waals surface area contributed by atoms with Crippen LogP contribution in [-0.4, -0.2) is 36.3 Å². The minimum absolute atomic E-state index is 0.156. The smallest absolute Gasteiger partial charge is 0.164 e. The van der Waals surface area contributed by atoms with Crippen LogP contribution in [-0.2, 0) is 19.6 Å². The highest BCUT2D eigenvalue weighted by atomic mass is 16.5. The number of benzene rings is 3. The molecule has 3 aromatic rings. The largest absolute Gasteiger partial charge is 0.493 e. The first-order chi connectivity index (χ1) is 15.2. The number of aliphatic hydroxyl groups excluding tert-OH is 1. The first kappa shape index (κ1) is 21.4. The number of aliphatic hydroxyl groups is 1. The monoisotopic (exact) mass is 417 g/mol. The van der Waals surface area contributed by atoms with Gasteiger partial charge < -0.3 is 14.6 Å². The normalized spacial score (nSPS) is 19.2. The first-order valence-corrected chi connectivity index (χ1v) is 11.0. The summed E-state index contributed by atoms with van der Waals surface area (Å²) in [5.41, 5.74) is 3.51. The van der Waals surface area contributed by atoms with Crippen LogP contribution in [0.3, 0.4) is 0 Å². The summed E-state index contributed by atoms with van der Waals surface area (Å²) in [5.74, 6) is 1.67. The average Bonchev–Trinajstić information content (AvgIpc) is 2.81. The van der Waals surface area contributed by atoms with Gasteiger partial charge in [-0.25, -0.2) is 0 Å². The van der Waals surface area contributed by atoms with E-state index < -0.39 is 0 Å². The highest BCUT2D eigenvalue weighted by Gasteiger charge is 2.29. The summed E-state index contributed by atoms with van der Waals surface area (Å²) in [5, 5.41) is 10.7. The Hall–Kier alpha value is -2.82. The van der Waals surface area contributed by atoms with E-state index in [1.54, 1.807) is 7.11 Å². The van der Waals surface area contributed by atoms with Crippen molar-refractivity contribution in [2.75, 3.05) is 20.2 Å². The molecular formula is C27H31NO3. The summed E-state index contributed by atoms with van der Waals surface area (Å²) in [6.07, 6.45) is 1.25. The number of methoxy groups -OCH3 is 1. The zero-order chi connectivity index (χ0) is 21.5. The molecule has 1 heterocycles. The molecule has 1 fully saturated rings. The molecule has 4 heteroatoms. The Kier molecular flexibility index (Phi) is 7.23. The van der Waals surface area contributed by atoms with E-state index in [1.807, 2.05) is 36.4 Å². The molecule has 3 aromatic carbocycles. The van der Waals surface area contributed by atoms with Gasteiger partial charge in [-0.3, -0.25) is 4.90 Å². The van der Waals surface area contributed by atoms with Gasteiger partial charge in [0.15, 0.2) is 11.5 Å². The SMILES string of the molecule is COc1cccc(CC2CN(Cc3ccccc3)CCC2O)c1OCc1ccccc1. The Labute approximate surface area is 185 Å². The van der Waals surface area contributed by atoms with Crippen molar-refractivity contribution in [3.63, 3.8) is 0 Å². The lowest BCUT2D eigenvalue weighted by atomic mass is 9.88. The summed E-state index contributed by atoms with van der Waals surface area (Å²) in [6.45, 7) is 3.19. The Morgan fingerprint density at radius 3 is 2.32 bits per heavy atom. The Morgan fingerprint density at radius 1 is 0.903 bits per heavy atom. The molecule has 1 saturated heterocycles. The number of rotatable bonds is 8. The molecular weight excluding hydrogens is 386 g/mol. The number of ether oxygens (including phenoxy) is 2. The quantitative estimate of drug-likeness (QED) is 0.577. The lowest BCUT2D eigenvalue weighted by molar-refractivity contribution is 0.0236. The fourth-order valence-electron chi connectivity index (χ4n) is 4.34. The molecule has 4 rings (SSSR count). The van der Waals surface area contributed by atoms with Crippen molar-refractivity contribution in [2.24, 2.45) is 5.92 Å². The van der Waals surface area contributed by atoms with Crippen molar-refractivity contribution in [2.45, 2.75) is 32.1 Å². The Bertz CT molecular complexity index is 945. The second-order valence-corrected chi connectivity index (χ2v) is 8.26. The van der Waals surface area contributed by atoms with E-state index in [2.05, 4.69) is 47.4 Å². The molecule has 31 heavy (non-hydrogen) atoms. The van der Waals surface area contributed by atoms with Crippen molar-refractivity contribution in [3.8, 4) is 11.5 Å². The maximum Gasteiger partial charge on any atom is 0.164 e. The minimum atomic E-state index is -0.305. The van der Waals surface area contributed by atoms with Gasteiger partial charge in [-0.05, 0) is 35.6 Å². The first-order valence-electron chi connectivity index (χ1n) is 11.0. The summed E-state index contributed by atoms with van der Waals surface area (Å²) >= 11 is 0. The second-order valence-electron chi connectivity index (χ2n) is 8.26. The van der Waals surface area contributed by atoms with Crippen LogP contribution in [0.1, 0.15) is 23.1 Å². The van der Waals surface area contributed by atoms with E-state index in [-0.39, 0.29) is 12.0 Å². The Morgan fingerprint density at radius 2 is 1.61 bits per heavy atom. The van der Waals surface area contributed by atoms with Crippen LogP contribution in [0.15, 0.2) is 78.9 Å². The van der Waals surface area contributed by atoms with E-state index in [9.17, 15) is 5.11 Å². The van der Waals surface area contributed by atoms with Crippen molar-refractivity contribution < 1.29 is 14.6 Å². The van der Waals surface area contributed by atoms with Crippen LogP contribution in [0.5, 0.6) is 11.5 Å². The van der Waals surface area contributed by atoms with Crippen molar-refractivity contribution in [1.29, 1.82) is 0 Å². The van der Waals surface area contributed by atoms with Gasteiger partial charge in [0.1, 0.15) is 6.61 Å². The van der Waals surface area contributed by atoms with Gasteiger partial charge in [-0.15, -0.1) is 0 Å². The number of para-hydroxylation sites is 1. The lowest BCUT2D eigenvalue weighted by Gasteiger charge is -2.36. The molecule has 162 valence electrons. The van der Waals surface area contributed by atoms with Crippen LogP contribution in [0.25, 0.3) is 0 Å². The summed E-state index contributed by atoms with van der Waals surface area (Å²) in [4.78, 5) is 2.44. The number of piperidine rings is 1. The molecule has 4 nitrogen and oxygen atoms in total. The predicted octanol–water partition coefficient (Wildman–Crippen LogP) is 4.70. The zero-order valence-corrected chi connectivity index (χ0v) is 18.1. The number of hydrogen-bond acceptors (Lipinski definition) is 4. The fourth-order valence-corrected chi connectivity index (χ4v) is 4.34. The summed E-state index contributed by atoms with van der Waals surface area (Å²) < 4.78 is 11.8. The molecule has 2 unspecified atom stereocenters. The van der Waals surface area contributed by atoms with E-state index in [0.29, 0.717) is 6.61 Å². The molecule has 1 aliphatic rings. The maximum absolute atomic E-state index is 10.7. The van der Waals surface area contributed by atoms with Crippen LogP contribution in [0, 0.1) is 5.92 Å². The van der Waals surface area contributed by atoms with Gasteiger partial charge in [0.2, 0.25) is 0 Å². The van der Waals surface area contributed by atoms with E-state index in [4.69, 9.17) is 9.47 Å². The standard InChI is InChI=1S/C27H31NO3/c1-30-26-14-8-13-23(27(26)31-20-22-11-6-3-7-12-22)17-24-19-28(16-15-25(24)29)18-21-9-4-2-5-10-21/h2-14,24-25,29H,15-20H2,1H3. The van der Waals surface area contributed by atoms with Crippen LogP contribution in [0.2, 0.25) is 0 Å². The molecule has 0 aliphatic carbocycles. The van der Waals surface area contributed by atoms with Crippen molar-refractivity contribution in [3.05, 3.63) is 95.6 Å². The molecule has 0 radical (unpaired) electrons. The van der Waals surface area contributed by atoms with E-state index in [1.165, 1.54) is 5.56 Å². The lowest BCUT2D eigenvalue weighted by Crippen LogP contribution is -2.43. The summed E-state index contributed by atoms with van der Waals surface area (Å²) in [7, 11) is 1.67. The van der Waals surface area contributed by atoms with Gasteiger partial charge >= 0.3 is 0 Å². The van der Waals surface area contributed by atoms with Gasteiger partial charge in [0, 0.05) is 25.6 Å². The highest BCUT2D eigenvalue weighted by Crippen LogP contribution is 2.35. The minimum Gasteiger partial charge on any atom is -0.493 e. The number of hydrogen-bond donors (Lipinski definition) is 1. The molecule has 0 saturated carbocycles. The maximum atomic E-state index is 10.7. The predicted molar refractivity (Wildman–Crippen MR) is 123 cm³/mol. The van der Waals surface area contributed by atoms with Gasteiger partial charge in [-0.1, -0.05) is 72.8 Å². The molecule has 1 aliphatic heterocycles. The van der Waals surface area contributed by atoms with E-state index in [0.717, 1.165) is 55.1 Å². The molecule has 2 atom stereocenters. The number of nitrogens with zero attached hydrogens (tertiary/aromatic N) is 1. The second kappa shape index (κ2) is 10.5.